The third-order valence-electron chi connectivity index (χ3n) is 3.74. The van der Waals surface area contributed by atoms with E-state index < -0.39 is 24.0 Å². The number of hydrogen-bond acceptors (Lipinski definition) is 5. The van der Waals surface area contributed by atoms with Gasteiger partial charge in [-0.1, -0.05) is 18.2 Å². The number of carbonyl (C=O) groups is 2. The van der Waals surface area contributed by atoms with Gasteiger partial charge in [-0.25, -0.2) is 4.98 Å². The van der Waals surface area contributed by atoms with E-state index in [1.807, 2.05) is 30.5 Å². The van der Waals surface area contributed by atoms with E-state index in [0.717, 1.165) is 22.2 Å². The van der Waals surface area contributed by atoms with Gasteiger partial charge in [0.15, 0.2) is 0 Å². The number of aromatic amines is 2. The number of H-pyrrole nitrogens is 2. The molecule has 0 fully saturated rings. The molecular formula is C17H21N5O4. The number of carboxylic acid groups (broad SMARTS) is 2. The second kappa shape index (κ2) is 8.79. The summed E-state index contributed by atoms with van der Waals surface area (Å²) in [7, 11) is 0. The van der Waals surface area contributed by atoms with E-state index in [2.05, 4.69) is 15.0 Å². The maximum atomic E-state index is 10.6. The third kappa shape index (κ3) is 5.16. The van der Waals surface area contributed by atoms with Crippen LogP contribution >= 0.6 is 0 Å². The van der Waals surface area contributed by atoms with Crippen LogP contribution in [0.2, 0.25) is 0 Å². The van der Waals surface area contributed by atoms with Gasteiger partial charge in [-0.3, -0.25) is 9.59 Å². The molecule has 9 heteroatoms. The van der Waals surface area contributed by atoms with Crippen molar-refractivity contribution in [3.8, 4) is 0 Å². The number of imidazole rings is 1. The second-order valence-electron chi connectivity index (χ2n) is 5.73. The molecule has 0 aliphatic carbocycles. The normalized spacial score (nSPS) is 12.8. The van der Waals surface area contributed by atoms with E-state index in [1.54, 1.807) is 6.20 Å². The zero-order valence-electron chi connectivity index (χ0n) is 13.9. The molecule has 3 rings (SSSR count). The zero-order chi connectivity index (χ0) is 19.1. The molecule has 2 unspecified atom stereocenters. The van der Waals surface area contributed by atoms with E-state index in [9.17, 15) is 9.59 Å². The fourth-order valence-corrected chi connectivity index (χ4v) is 2.35. The number of para-hydroxylation sites is 1. The van der Waals surface area contributed by atoms with Crippen molar-refractivity contribution in [3.05, 3.63) is 54.2 Å². The summed E-state index contributed by atoms with van der Waals surface area (Å²) in [4.78, 5) is 30.5. The predicted molar refractivity (Wildman–Crippen MR) is 95.5 cm³/mol. The molecule has 2 atom stereocenters. The largest absolute Gasteiger partial charge is 0.480 e. The Morgan fingerprint density at radius 3 is 2.31 bits per heavy atom. The lowest BCUT2D eigenvalue weighted by Crippen LogP contribution is -2.32. The summed E-state index contributed by atoms with van der Waals surface area (Å²) in [5.41, 5.74) is 13.4. The fraction of sp³-hybridized carbons (Fsp3) is 0.235. The quantitative estimate of drug-likeness (QED) is 0.371. The van der Waals surface area contributed by atoms with Crippen LogP contribution < -0.4 is 11.5 Å². The Morgan fingerprint density at radius 2 is 1.69 bits per heavy atom. The molecule has 0 saturated heterocycles. The van der Waals surface area contributed by atoms with Crippen LogP contribution in [0.3, 0.4) is 0 Å². The summed E-state index contributed by atoms with van der Waals surface area (Å²) < 4.78 is 0. The number of rotatable bonds is 6. The Balaban J connectivity index is 0.000000197. The van der Waals surface area contributed by atoms with Gasteiger partial charge in [-0.2, -0.15) is 0 Å². The second-order valence-corrected chi connectivity index (χ2v) is 5.73. The molecule has 0 bridgehead atoms. The van der Waals surface area contributed by atoms with Crippen LogP contribution in [0.4, 0.5) is 0 Å². The average Bonchev–Trinajstić information content (AvgIpc) is 3.25. The Morgan fingerprint density at radius 1 is 1.04 bits per heavy atom. The molecule has 26 heavy (non-hydrogen) atoms. The summed E-state index contributed by atoms with van der Waals surface area (Å²) in [5, 5.41) is 18.2. The molecule has 138 valence electrons. The lowest BCUT2D eigenvalue weighted by atomic mass is 10.1. The van der Waals surface area contributed by atoms with Crippen LogP contribution in [0.1, 0.15) is 11.3 Å². The highest BCUT2D eigenvalue weighted by molar-refractivity contribution is 5.84. The summed E-state index contributed by atoms with van der Waals surface area (Å²) in [6.07, 6.45) is 5.49. The summed E-state index contributed by atoms with van der Waals surface area (Å²) >= 11 is 0. The van der Waals surface area contributed by atoms with Crippen LogP contribution in [0.15, 0.2) is 43.0 Å². The van der Waals surface area contributed by atoms with Crippen LogP contribution in [-0.4, -0.2) is 49.2 Å². The fourth-order valence-electron chi connectivity index (χ4n) is 2.35. The predicted octanol–water partition coefficient (Wildman–Crippen LogP) is 0.486. The number of nitrogens with two attached hydrogens (primary N) is 2. The number of fused-ring (bicyclic) bond motifs is 1. The first-order chi connectivity index (χ1) is 12.4. The molecule has 3 aromatic rings. The van der Waals surface area contributed by atoms with Gasteiger partial charge < -0.3 is 31.6 Å². The molecule has 0 spiro atoms. The maximum absolute atomic E-state index is 10.6. The number of hydrogen-bond donors (Lipinski definition) is 6. The van der Waals surface area contributed by atoms with E-state index in [4.69, 9.17) is 21.7 Å². The van der Waals surface area contributed by atoms with E-state index >= 15 is 0 Å². The molecule has 0 aliphatic heterocycles. The van der Waals surface area contributed by atoms with Crippen molar-refractivity contribution in [2.24, 2.45) is 11.5 Å². The molecule has 0 amide bonds. The van der Waals surface area contributed by atoms with Crippen LogP contribution in [0, 0.1) is 0 Å². The third-order valence-corrected chi connectivity index (χ3v) is 3.74. The van der Waals surface area contributed by atoms with E-state index in [1.165, 1.54) is 6.33 Å². The monoisotopic (exact) mass is 359 g/mol. The van der Waals surface area contributed by atoms with Gasteiger partial charge in [0.2, 0.25) is 0 Å². The Bertz CT molecular complexity index is 859. The van der Waals surface area contributed by atoms with Crippen molar-refractivity contribution in [1.82, 2.24) is 15.0 Å². The minimum Gasteiger partial charge on any atom is -0.480 e. The van der Waals surface area contributed by atoms with Crippen LogP contribution in [0.5, 0.6) is 0 Å². The van der Waals surface area contributed by atoms with Gasteiger partial charge in [-0.15, -0.1) is 0 Å². The molecule has 8 N–H and O–H groups in total. The van der Waals surface area contributed by atoms with Crippen molar-refractivity contribution in [2.75, 3.05) is 0 Å². The number of benzene rings is 1. The smallest absolute Gasteiger partial charge is 0.320 e. The van der Waals surface area contributed by atoms with E-state index in [0.29, 0.717) is 6.42 Å². The lowest BCUT2D eigenvalue weighted by molar-refractivity contribution is -0.139. The van der Waals surface area contributed by atoms with E-state index in [-0.39, 0.29) is 6.42 Å². The number of aromatic nitrogens is 3. The molecule has 0 radical (unpaired) electrons. The first kappa shape index (κ1) is 19.2. The molecule has 2 aromatic heterocycles. The Kier molecular flexibility index (Phi) is 6.48. The Labute approximate surface area is 149 Å². The SMILES string of the molecule is NC(Cc1c[nH]c2ccccc12)C(=O)O.NC(Cc1cnc[nH]1)C(=O)O. The minimum absolute atomic E-state index is 0.287. The first-order valence-electron chi connectivity index (χ1n) is 7.87. The van der Waals surface area contributed by atoms with Crippen molar-refractivity contribution in [1.29, 1.82) is 0 Å². The summed E-state index contributed by atoms with van der Waals surface area (Å²) in [6.45, 7) is 0. The van der Waals surface area contributed by atoms with Gasteiger partial charge in [0.1, 0.15) is 12.1 Å². The van der Waals surface area contributed by atoms with Gasteiger partial charge in [0.25, 0.3) is 0 Å². The van der Waals surface area contributed by atoms with Gasteiger partial charge in [0.05, 0.1) is 6.33 Å². The molecule has 2 heterocycles. The maximum Gasteiger partial charge on any atom is 0.320 e. The van der Waals surface area contributed by atoms with Crippen LogP contribution in [-0.2, 0) is 22.4 Å². The van der Waals surface area contributed by atoms with Gasteiger partial charge in [0, 0.05) is 41.8 Å². The number of nitrogens with zero attached hydrogens (tertiary/aromatic N) is 1. The number of nitrogens with one attached hydrogen (secondary N) is 2. The highest BCUT2D eigenvalue weighted by atomic mass is 16.4. The number of aliphatic carboxylic acids is 2. The molecule has 9 nitrogen and oxygen atoms in total. The molecule has 0 saturated carbocycles. The van der Waals surface area contributed by atoms with Gasteiger partial charge in [-0.05, 0) is 11.6 Å². The topological polar surface area (TPSA) is 171 Å². The van der Waals surface area contributed by atoms with Crippen molar-refractivity contribution in [3.63, 3.8) is 0 Å². The molecule has 0 aliphatic rings. The standard InChI is InChI=1S/C11H12N2O2.C6H9N3O2/c12-9(11(14)15)5-7-6-13-10-4-2-1-3-8(7)10;7-5(6(10)11)1-4-2-8-3-9-4/h1-4,6,9,13H,5,12H2,(H,14,15);2-3,5H,1,7H2,(H,8,9)(H,10,11). The summed E-state index contributed by atoms with van der Waals surface area (Å²) in [6, 6.07) is 6.06. The minimum atomic E-state index is -1.00. The van der Waals surface area contributed by atoms with Crippen LogP contribution in [0.25, 0.3) is 10.9 Å². The van der Waals surface area contributed by atoms with Crippen molar-refractivity contribution < 1.29 is 19.8 Å². The zero-order valence-corrected chi connectivity index (χ0v) is 13.9. The average molecular weight is 359 g/mol. The molecular weight excluding hydrogens is 338 g/mol. The highest BCUT2D eigenvalue weighted by Gasteiger charge is 2.14. The summed E-state index contributed by atoms with van der Waals surface area (Å²) in [5.74, 6) is -1.97. The number of carboxylic acids is 2. The van der Waals surface area contributed by atoms with Crippen molar-refractivity contribution >= 4 is 22.8 Å². The highest BCUT2D eigenvalue weighted by Crippen LogP contribution is 2.18. The lowest BCUT2D eigenvalue weighted by Gasteiger charge is -2.04. The molecule has 1 aromatic carbocycles. The van der Waals surface area contributed by atoms with Crippen molar-refractivity contribution in [2.45, 2.75) is 24.9 Å². The Hall–Kier alpha value is -3.17. The first-order valence-corrected chi connectivity index (χ1v) is 7.87. The van der Waals surface area contributed by atoms with Gasteiger partial charge >= 0.3 is 11.9 Å².